The molecule has 0 aliphatic rings. The summed E-state index contributed by atoms with van der Waals surface area (Å²) in [4.78, 5) is 20.5. The number of carbonyl (C=O) groups is 1. The van der Waals surface area contributed by atoms with E-state index in [1.807, 2.05) is 49.4 Å². The van der Waals surface area contributed by atoms with Crippen LogP contribution in [0.25, 0.3) is 22.4 Å². The number of hydrogen-bond donors (Lipinski definition) is 2. The third kappa shape index (κ3) is 4.26. The van der Waals surface area contributed by atoms with E-state index in [0.717, 1.165) is 22.2 Å². The minimum Gasteiger partial charge on any atom is -0.338 e. The number of imidazole rings is 1. The lowest BCUT2D eigenvalue weighted by Gasteiger charge is -2.10. The van der Waals surface area contributed by atoms with E-state index in [9.17, 15) is 13.2 Å². The Morgan fingerprint density at radius 1 is 0.967 bits per heavy atom. The molecular weight excluding hydrogens is 398 g/mol. The molecule has 1 heterocycles. The number of para-hydroxylation sites is 3. The Hall–Kier alpha value is -3.45. The van der Waals surface area contributed by atoms with Gasteiger partial charge in [-0.25, -0.2) is 13.4 Å². The molecule has 0 bridgehead atoms. The van der Waals surface area contributed by atoms with Crippen LogP contribution in [0, 0.1) is 6.92 Å². The van der Waals surface area contributed by atoms with Gasteiger partial charge in [0.1, 0.15) is 5.82 Å². The summed E-state index contributed by atoms with van der Waals surface area (Å²) < 4.78 is 25.0. The standard InChI is InChI=1S/C23H21N3O3S/c1-16-10-12-17(13-11-16)30(28,29)15-14-22(27)24-19-7-3-2-6-18(19)23-25-20-8-4-5-9-21(20)26-23/h2-13H,14-15H2,1H3,(H,24,27)(H,25,26). The highest BCUT2D eigenvalue weighted by Gasteiger charge is 2.17. The maximum Gasteiger partial charge on any atom is 0.225 e. The van der Waals surface area contributed by atoms with Crippen molar-refractivity contribution < 1.29 is 13.2 Å². The van der Waals surface area contributed by atoms with Crippen molar-refractivity contribution in [3.05, 3.63) is 78.4 Å². The predicted octanol–water partition coefficient (Wildman–Crippen LogP) is 4.34. The van der Waals surface area contributed by atoms with Crippen molar-refractivity contribution >= 4 is 32.5 Å². The first-order valence-electron chi connectivity index (χ1n) is 9.56. The van der Waals surface area contributed by atoms with Crippen LogP contribution in [0.5, 0.6) is 0 Å². The fraction of sp³-hybridized carbons (Fsp3) is 0.130. The predicted molar refractivity (Wildman–Crippen MR) is 118 cm³/mol. The third-order valence-electron chi connectivity index (χ3n) is 4.82. The second-order valence-corrected chi connectivity index (χ2v) is 9.19. The van der Waals surface area contributed by atoms with Gasteiger partial charge in [-0.05, 0) is 43.3 Å². The Morgan fingerprint density at radius 2 is 1.67 bits per heavy atom. The van der Waals surface area contributed by atoms with Crippen molar-refractivity contribution in [1.82, 2.24) is 9.97 Å². The Balaban J connectivity index is 1.49. The van der Waals surface area contributed by atoms with Crippen LogP contribution in [0.3, 0.4) is 0 Å². The summed E-state index contributed by atoms with van der Waals surface area (Å²) in [6.07, 6.45) is -0.134. The zero-order chi connectivity index (χ0) is 21.1. The van der Waals surface area contributed by atoms with E-state index in [4.69, 9.17) is 0 Å². The first-order chi connectivity index (χ1) is 14.4. The molecule has 2 N–H and O–H groups in total. The number of rotatable bonds is 6. The molecule has 0 saturated heterocycles. The molecule has 1 amide bonds. The number of aromatic amines is 1. The number of aryl methyl sites for hydroxylation is 1. The summed E-state index contributed by atoms with van der Waals surface area (Å²) in [7, 11) is -3.52. The van der Waals surface area contributed by atoms with Gasteiger partial charge >= 0.3 is 0 Å². The number of amides is 1. The van der Waals surface area contributed by atoms with Gasteiger partial charge in [0.05, 0.1) is 27.4 Å². The molecule has 6 nitrogen and oxygen atoms in total. The van der Waals surface area contributed by atoms with Crippen LogP contribution in [0.1, 0.15) is 12.0 Å². The van der Waals surface area contributed by atoms with Gasteiger partial charge in [0.2, 0.25) is 5.91 Å². The molecule has 0 fully saturated rings. The number of nitrogens with zero attached hydrogens (tertiary/aromatic N) is 1. The molecule has 0 unspecified atom stereocenters. The number of carbonyl (C=O) groups excluding carboxylic acids is 1. The van der Waals surface area contributed by atoms with Crippen LogP contribution in [0.4, 0.5) is 5.69 Å². The third-order valence-corrected chi connectivity index (χ3v) is 6.56. The molecule has 3 aromatic carbocycles. The SMILES string of the molecule is Cc1ccc(S(=O)(=O)CCC(=O)Nc2ccccc2-c2nc3ccccc3[nH]2)cc1. The van der Waals surface area contributed by atoms with Crippen LogP contribution in [0.2, 0.25) is 0 Å². The van der Waals surface area contributed by atoms with E-state index in [0.29, 0.717) is 11.5 Å². The molecule has 0 aliphatic heterocycles. The fourth-order valence-corrected chi connectivity index (χ4v) is 4.42. The van der Waals surface area contributed by atoms with E-state index in [2.05, 4.69) is 15.3 Å². The zero-order valence-electron chi connectivity index (χ0n) is 16.4. The van der Waals surface area contributed by atoms with E-state index in [1.165, 1.54) is 0 Å². The summed E-state index contributed by atoms with van der Waals surface area (Å²) in [5.41, 5.74) is 4.03. The first kappa shape index (κ1) is 19.8. The molecule has 4 rings (SSSR count). The van der Waals surface area contributed by atoms with Crippen LogP contribution >= 0.6 is 0 Å². The molecule has 0 saturated carbocycles. The van der Waals surface area contributed by atoms with Gasteiger partial charge in [0, 0.05) is 12.0 Å². The molecule has 0 spiro atoms. The Labute approximate surface area is 174 Å². The lowest BCUT2D eigenvalue weighted by molar-refractivity contribution is -0.115. The molecule has 0 atom stereocenters. The lowest BCUT2D eigenvalue weighted by Crippen LogP contribution is -2.18. The van der Waals surface area contributed by atoms with Gasteiger partial charge in [-0.1, -0.05) is 42.0 Å². The highest BCUT2D eigenvalue weighted by Crippen LogP contribution is 2.27. The van der Waals surface area contributed by atoms with Crippen molar-refractivity contribution in [3.8, 4) is 11.4 Å². The maximum absolute atomic E-state index is 12.5. The largest absolute Gasteiger partial charge is 0.338 e. The number of hydrogen-bond acceptors (Lipinski definition) is 4. The van der Waals surface area contributed by atoms with Crippen molar-refractivity contribution in [2.45, 2.75) is 18.2 Å². The van der Waals surface area contributed by atoms with Crippen LogP contribution in [-0.2, 0) is 14.6 Å². The Bertz CT molecular complexity index is 1280. The minimum absolute atomic E-state index is 0.134. The molecule has 30 heavy (non-hydrogen) atoms. The van der Waals surface area contributed by atoms with E-state index >= 15 is 0 Å². The van der Waals surface area contributed by atoms with Gasteiger partial charge < -0.3 is 10.3 Å². The fourth-order valence-electron chi connectivity index (χ4n) is 3.18. The van der Waals surface area contributed by atoms with Crippen molar-refractivity contribution in [3.63, 3.8) is 0 Å². The summed E-state index contributed by atoms with van der Waals surface area (Å²) >= 11 is 0. The molecule has 0 aliphatic carbocycles. The molecule has 152 valence electrons. The number of anilines is 1. The maximum atomic E-state index is 12.5. The summed E-state index contributed by atoms with van der Waals surface area (Å²) in [6.45, 7) is 1.89. The highest BCUT2D eigenvalue weighted by molar-refractivity contribution is 7.91. The van der Waals surface area contributed by atoms with Crippen molar-refractivity contribution in [1.29, 1.82) is 0 Å². The number of aromatic nitrogens is 2. The Morgan fingerprint density at radius 3 is 2.43 bits per heavy atom. The summed E-state index contributed by atoms with van der Waals surface area (Å²) in [5, 5.41) is 2.82. The summed E-state index contributed by atoms with van der Waals surface area (Å²) in [5.74, 6) is 0.0166. The molecular formula is C23H21N3O3S. The van der Waals surface area contributed by atoms with Crippen molar-refractivity contribution in [2.75, 3.05) is 11.1 Å². The highest BCUT2D eigenvalue weighted by atomic mass is 32.2. The van der Waals surface area contributed by atoms with E-state index in [-0.39, 0.29) is 23.0 Å². The van der Waals surface area contributed by atoms with Crippen LogP contribution in [0.15, 0.2) is 77.7 Å². The number of H-pyrrole nitrogens is 1. The second kappa shape index (κ2) is 8.12. The number of nitrogens with one attached hydrogen (secondary N) is 2. The normalized spacial score (nSPS) is 11.5. The molecule has 0 radical (unpaired) electrons. The topological polar surface area (TPSA) is 91.9 Å². The number of sulfone groups is 1. The van der Waals surface area contributed by atoms with Gasteiger partial charge in [-0.15, -0.1) is 0 Å². The quantitative estimate of drug-likeness (QED) is 0.486. The van der Waals surface area contributed by atoms with Crippen molar-refractivity contribution in [2.24, 2.45) is 0 Å². The van der Waals surface area contributed by atoms with E-state index in [1.54, 1.807) is 30.3 Å². The van der Waals surface area contributed by atoms with Gasteiger partial charge in [-0.3, -0.25) is 4.79 Å². The molecule has 1 aromatic heterocycles. The second-order valence-electron chi connectivity index (χ2n) is 7.08. The molecule has 4 aromatic rings. The lowest BCUT2D eigenvalue weighted by atomic mass is 10.1. The van der Waals surface area contributed by atoms with Gasteiger partial charge in [0.15, 0.2) is 9.84 Å². The molecule has 7 heteroatoms. The van der Waals surface area contributed by atoms with E-state index < -0.39 is 9.84 Å². The monoisotopic (exact) mass is 419 g/mol. The average Bonchev–Trinajstić information content (AvgIpc) is 3.17. The first-order valence-corrected chi connectivity index (χ1v) is 11.2. The smallest absolute Gasteiger partial charge is 0.225 e. The summed E-state index contributed by atoms with van der Waals surface area (Å²) in [6, 6.07) is 21.6. The average molecular weight is 420 g/mol. The van der Waals surface area contributed by atoms with Crippen LogP contribution in [-0.4, -0.2) is 30.0 Å². The minimum atomic E-state index is -3.52. The number of benzene rings is 3. The van der Waals surface area contributed by atoms with Gasteiger partial charge in [-0.2, -0.15) is 0 Å². The number of fused-ring (bicyclic) bond motifs is 1. The van der Waals surface area contributed by atoms with Crippen LogP contribution < -0.4 is 5.32 Å². The Kier molecular flexibility index (Phi) is 5.37. The zero-order valence-corrected chi connectivity index (χ0v) is 17.2. The van der Waals surface area contributed by atoms with Gasteiger partial charge in [0.25, 0.3) is 0 Å².